The van der Waals surface area contributed by atoms with Crippen molar-refractivity contribution in [2.45, 2.75) is 17.7 Å². The number of nitrogens with one attached hydrogen (secondary N) is 1. The highest BCUT2D eigenvalue weighted by molar-refractivity contribution is 9.10. The molecule has 1 N–H and O–H groups in total. The molecule has 1 saturated heterocycles. The van der Waals surface area contributed by atoms with Crippen molar-refractivity contribution in [2.75, 3.05) is 18.4 Å². The number of hydrogen-bond donors (Lipinski definition) is 1. The van der Waals surface area contributed by atoms with Crippen LogP contribution in [0.3, 0.4) is 0 Å². The molecule has 0 atom stereocenters. The van der Waals surface area contributed by atoms with E-state index in [2.05, 4.69) is 21.2 Å². The summed E-state index contributed by atoms with van der Waals surface area (Å²) in [6.45, 7) is 0.859. The van der Waals surface area contributed by atoms with E-state index < -0.39 is 32.4 Å². The number of carbonyl (C=O) groups excluding carboxylic acids is 1. The van der Waals surface area contributed by atoms with E-state index in [4.69, 9.17) is 0 Å². The van der Waals surface area contributed by atoms with E-state index in [0.29, 0.717) is 17.6 Å². The van der Waals surface area contributed by atoms with Gasteiger partial charge in [0.15, 0.2) is 0 Å². The van der Waals surface area contributed by atoms with Gasteiger partial charge in [-0.2, -0.15) is 8.70 Å². The summed E-state index contributed by atoms with van der Waals surface area (Å²) >= 11 is 3.21. The zero-order chi connectivity index (χ0) is 20.5. The number of nitro groups is 1. The number of carbonyl (C=O) groups is 1. The second-order valence-electron chi connectivity index (χ2n) is 6.13. The molecule has 0 bridgehead atoms. The molecule has 1 aliphatic heterocycles. The van der Waals surface area contributed by atoms with Crippen molar-refractivity contribution in [1.29, 1.82) is 0 Å². The Balaban J connectivity index is 1.90. The molecule has 28 heavy (non-hydrogen) atoms. The molecule has 11 heteroatoms. The summed E-state index contributed by atoms with van der Waals surface area (Å²) < 4.78 is 40.6. The molecular formula is C17H15BrFN3O5S. The maximum atomic E-state index is 13.4. The first-order chi connectivity index (χ1) is 13.2. The lowest BCUT2D eigenvalue weighted by molar-refractivity contribution is -0.387. The van der Waals surface area contributed by atoms with Crippen LogP contribution in [0.5, 0.6) is 0 Å². The first-order valence-corrected chi connectivity index (χ1v) is 10.5. The van der Waals surface area contributed by atoms with Crippen molar-refractivity contribution in [1.82, 2.24) is 4.31 Å². The highest BCUT2D eigenvalue weighted by atomic mass is 79.9. The third-order valence-corrected chi connectivity index (χ3v) is 6.87. The Bertz CT molecular complexity index is 1050. The summed E-state index contributed by atoms with van der Waals surface area (Å²) in [6.07, 6.45) is 1.57. The van der Waals surface area contributed by atoms with E-state index in [0.717, 1.165) is 25.0 Å². The Morgan fingerprint density at radius 2 is 1.86 bits per heavy atom. The summed E-state index contributed by atoms with van der Waals surface area (Å²) in [5.41, 5.74) is -0.729. The Morgan fingerprint density at radius 3 is 2.50 bits per heavy atom. The number of nitrogens with zero attached hydrogens (tertiary/aromatic N) is 2. The molecule has 0 radical (unpaired) electrons. The van der Waals surface area contributed by atoms with Gasteiger partial charge in [-0.15, -0.1) is 0 Å². The van der Waals surface area contributed by atoms with Crippen LogP contribution >= 0.6 is 15.9 Å². The number of amides is 1. The Kier molecular flexibility index (Phi) is 5.77. The molecule has 0 spiro atoms. The first-order valence-electron chi connectivity index (χ1n) is 8.25. The number of benzene rings is 2. The number of halogens is 2. The minimum Gasteiger partial charge on any atom is -0.322 e. The number of sulfonamides is 1. The van der Waals surface area contributed by atoms with Crippen LogP contribution in [0.15, 0.2) is 45.8 Å². The van der Waals surface area contributed by atoms with Gasteiger partial charge in [0, 0.05) is 29.3 Å². The van der Waals surface area contributed by atoms with Crippen molar-refractivity contribution >= 4 is 43.2 Å². The molecule has 1 aliphatic rings. The predicted octanol–water partition coefficient (Wildman–Crippen LogP) is 3.53. The van der Waals surface area contributed by atoms with Crippen LogP contribution < -0.4 is 5.32 Å². The van der Waals surface area contributed by atoms with Crippen molar-refractivity contribution in [3.8, 4) is 0 Å². The van der Waals surface area contributed by atoms with Gasteiger partial charge in [0.1, 0.15) is 0 Å². The quantitative estimate of drug-likeness (QED) is 0.529. The van der Waals surface area contributed by atoms with E-state index in [-0.39, 0.29) is 16.1 Å². The lowest BCUT2D eigenvalue weighted by atomic mass is 10.2. The van der Waals surface area contributed by atoms with Gasteiger partial charge in [0.2, 0.25) is 15.8 Å². The third-order valence-electron chi connectivity index (χ3n) is 4.29. The summed E-state index contributed by atoms with van der Waals surface area (Å²) in [4.78, 5) is 22.5. The highest BCUT2D eigenvalue weighted by Crippen LogP contribution is 2.27. The van der Waals surface area contributed by atoms with Crippen LogP contribution in [-0.2, 0) is 10.0 Å². The summed E-state index contributed by atoms with van der Waals surface area (Å²) in [5.74, 6) is -1.71. The van der Waals surface area contributed by atoms with Gasteiger partial charge in [-0.05, 0) is 59.1 Å². The van der Waals surface area contributed by atoms with Gasteiger partial charge in [0.25, 0.3) is 5.91 Å². The lowest BCUT2D eigenvalue weighted by Crippen LogP contribution is -2.28. The van der Waals surface area contributed by atoms with Gasteiger partial charge in [-0.3, -0.25) is 14.9 Å². The zero-order valence-corrected chi connectivity index (χ0v) is 16.8. The van der Waals surface area contributed by atoms with Crippen molar-refractivity contribution in [3.63, 3.8) is 0 Å². The molecule has 1 amide bonds. The molecule has 3 rings (SSSR count). The Morgan fingerprint density at radius 1 is 1.18 bits per heavy atom. The molecular weight excluding hydrogens is 457 g/mol. The fourth-order valence-electron chi connectivity index (χ4n) is 2.85. The van der Waals surface area contributed by atoms with Crippen molar-refractivity contribution < 1.29 is 22.5 Å². The normalized spacial score (nSPS) is 14.8. The van der Waals surface area contributed by atoms with E-state index >= 15 is 0 Å². The number of hydrogen-bond acceptors (Lipinski definition) is 5. The maximum absolute atomic E-state index is 13.4. The number of anilines is 1. The van der Waals surface area contributed by atoms with Crippen LogP contribution in [0.25, 0.3) is 0 Å². The molecule has 148 valence electrons. The van der Waals surface area contributed by atoms with E-state index in [1.165, 1.54) is 28.6 Å². The molecule has 0 aliphatic carbocycles. The molecule has 1 heterocycles. The largest absolute Gasteiger partial charge is 0.322 e. The Labute approximate surface area is 168 Å². The summed E-state index contributed by atoms with van der Waals surface area (Å²) in [6, 6.07) is 7.04. The maximum Gasteiger partial charge on any atom is 0.306 e. The van der Waals surface area contributed by atoms with Crippen LogP contribution in [0.4, 0.5) is 15.8 Å². The van der Waals surface area contributed by atoms with Gasteiger partial charge in [0.05, 0.1) is 15.4 Å². The van der Waals surface area contributed by atoms with Crippen LogP contribution in [0.1, 0.15) is 23.2 Å². The molecule has 2 aromatic rings. The summed E-state index contributed by atoms with van der Waals surface area (Å²) in [5, 5.41) is 13.3. The average Bonchev–Trinajstić information content (AvgIpc) is 3.18. The smallest absolute Gasteiger partial charge is 0.306 e. The van der Waals surface area contributed by atoms with Crippen LogP contribution in [0.2, 0.25) is 0 Å². The standard InChI is InChI=1S/C17H15BrFN3O5S/c18-14-5-4-12(28(26,27)21-7-1-2-8-21)10-13(14)17(23)20-11-3-6-15(19)16(9-11)22(24)25/h3-6,9-10H,1-2,7-8H2,(H,20,23). The zero-order valence-electron chi connectivity index (χ0n) is 14.4. The topological polar surface area (TPSA) is 110 Å². The van der Waals surface area contributed by atoms with Crippen LogP contribution in [0, 0.1) is 15.9 Å². The molecule has 0 unspecified atom stereocenters. The number of nitro benzene ring substituents is 1. The van der Waals surface area contributed by atoms with Crippen molar-refractivity contribution in [3.05, 3.63) is 62.4 Å². The SMILES string of the molecule is O=C(Nc1ccc(F)c([N+](=O)[O-])c1)c1cc(S(=O)(=O)N2CCCC2)ccc1Br. The minimum absolute atomic E-state index is 0.0119. The Hall–Kier alpha value is -2.37. The fraction of sp³-hybridized carbons (Fsp3) is 0.235. The average molecular weight is 472 g/mol. The summed E-state index contributed by atoms with van der Waals surface area (Å²) in [7, 11) is -3.71. The van der Waals surface area contributed by atoms with Crippen molar-refractivity contribution in [2.24, 2.45) is 0 Å². The van der Waals surface area contributed by atoms with Gasteiger partial charge in [-0.1, -0.05) is 0 Å². The minimum atomic E-state index is -3.71. The first kappa shape index (κ1) is 20.4. The highest BCUT2D eigenvalue weighted by Gasteiger charge is 2.28. The van der Waals surface area contributed by atoms with E-state index in [9.17, 15) is 27.7 Å². The molecule has 0 saturated carbocycles. The lowest BCUT2D eigenvalue weighted by Gasteiger charge is -2.16. The van der Waals surface area contributed by atoms with Crippen LogP contribution in [-0.4, -0.2) is 36.6 Å². The molecule has 1 fully saturated rings. The van der Waals surface area contributed by atoms with Gasteiger partial charge in [-0.25, -0.2) is 8.42 Å². The monoisotopic (exact) mass is 471 g/mol. The second-order valence-corrected chi connectivity index (χ2v) is 8.92. The molecule has 0 aromatic heterocycles. The van der Waals surface area contributed by atoms with Gasteiger partial charge >= 0.3 is 5.69 Å². The third kappa shape index (κ3) is 4.05. The van der Waals surface area contributed by atoms with E-state index in [1.54, 1.807) is 0 Å². The van der Waals surface area contributed by atoms with E-state index in [1.807, 2.05) is 0 Å². The fourth-order valence-corrected chi connectivity index (χ4v) is 4.82. The second kappa shape index (κ2) is 7.94. The molecule has 8 nitrogen and oxygen atoms in total. The van der Waals surface area contributed by atoms with Gasteiger partial charge < -0.3 is 5.32 Å². The predicted molar refractivity (Wildman–Crippen MR) is 103 cm³/mol. The molecule has 2 aromatic carbocycles. The number of rotatable bonds is 5.